The van der Waals surface area contributed by atoms with E-state index in [2.05, 4.69) is 12.2 Å². The molecule has 3 unspecified atom stereocenters. The van der Waals surface area contributed by atoms with Gasteiger partial charge < -0.3 is 5.32 Å². The number of hydrogen-bond acceptors (Lipinski definition) is 1. The molecule has 0 bridgehead atoms. The van der Waals surface area contributed by atoms with Gasteiger partial charge in [-0.15, -0.1) is 0 Å². The van der Waals surface area contributed by atoms with Gasteiger partial charge in [0.25, 0.3) is 0 Å². The topological polar surface area (TPSA) is 29.1 Å². The fraction of sp³-hybridized carbons (Fsp3) is 0.909. The summed E-state index contributed by atoms with van der Waals surface area (Å²) in [4.78, 5) is 11.5. The van der Waals surface area contributed by atoms with Crippen LogP contribution in [0.5, 0.6) is 0 Å². The summed E-state index contributed by atoms with van der Waals surface area (Å²) in [5, 5.41) is 3.21. The summed E-state index contributed by atoms with van der Waals surface area (Å²) in [6, 6.07) is 0. The molecular weight excluding hydrogens is 162 g/mol. The van der Waals surface area contributed by atoms with Crippen molar-refractivity contribution in [2.75, 3.05) is 0 Å². The summed E-state index contributed by atoms with van der Waals surface area (Å²) in [5.41, 5.74) is 0.127. The van der Waals surface area contributed by atoms with Crippen LogP contribution in [-0.4, -0.2) is 11.4 Å². The smallest absolute Gasteiger partial charge is 0.223 e. The average Bonchev–Trinajstić information content (AvgIpc) is 2.07. The minimum absolute atomic E-state index is 0.127. The van der Waals surface area contributed by atoms with Gasteiger partial charge in [0.1, 0.15) is 0 Å². The minimum Gasteiger partial charge on any atom is -0.350 e. The van der Waals surface area contributed by atoms with E-state index in [0.29, 0.717) is 0 Å². The molecule has 0 spiro atoms. The van der Waals surface area contributed by atoms with E-state index in [1.165, 1.54) is 25.7 Å². The molecule has 2 nitrogen and oxygen atoms in total. The SMILES string of the molecule is CC1CC2CCCCC2(C)NC1=O. The zero-order chi connectivity index (χ0) is 9.47. The lowest BCUT2D eigenvalue weighted by Crippen LogP contribution is -2.58. The molecule has 1 aliphatic heterocycles. The maximum atomic E-state index is 11.5. The number of rotatable bonds is 0. The van der Waals surface area contributed by atoms with Crippen LogP contribution in [0.3, 0.4) is 0 Å². The Labute approximate surface area is 80.1 Å². The monoisotopic (exact) mass is 181 g/mol. The first-order valence-electron chi connectivity index (χ1n) is 5.44. The van der Waals surface area contributed by atoms with Gasteiger partial charge in [-0.3, -0.25) is 4.79 Å². The molecule has 2 rings (SSSR count). The standard InChI is InChI=1S/C11H19NO/c1-8-7-9-5-3-4-6-11(9,2)12-10(8)13/h8-9H,3-7H2,1-2H3,(H,12,13). The number of amides is 1. The van der Waals surface area contributed by atoms with Crippen molar-refractivity contribution >= 4 is 5.91 Å². The van der Waals surface area contributed by atoms with Crippen molar-refractivity contribution in [2.24, 2.45) is 11.8 Å². The third-order valence-corrected chi connectivity index (χ3v) is 3.89. The van der Waals surface area contributed by atoms with Gasteiger partial charge >= 0.3 is 0 Å². The van der Waals surface area contributed by atoms with E-state index >= 15 is 0 Å². The number of nitrogens with one attached hydrogen (secondary N) is 1. The van der Waals surface area contributed by atoms with Gasteiger partial charge in [-0.25, -0.2) is 0 Å². The summed E-state index contributed by atoms with van der Waals surface area (Å²) in [5.74, 6) is 1.23. The average molecular weight is 181 g/mol. The van der Waals surface area contributed by atoms with Crippen LogP contribution in [0.2, 0.25) is 0 Å². The van der Waals surface area contributed by atoms with E-state index in [-0.39, 0.29) is 17.4 Å². The highest BCUT2D eigenvalue weighted by atomic mass is 16.2. The highest BCUT2D eigenvalue weighted by Gasteiger charge is 2.43. The summed E-state index contributed by atoms with van der Waals surface area (Å²) < 4.78 is 0. The lowest BCUT2D eigenvalue weighted by Gasteiger charge is -2.47. The summed E-state index contributed by atoms with van der Waals surface area (Å²) in [6.07, 6.45) is 6.21. The van der Waals surface area contributed by atoms with Gasteiger partial charge in [-0.2, -0.15) is 0 Å². The molecule has 0 aromatic carbocycles. The summed E-state index contributed by atoms with van der Waals surface area (Å²) in [6.45, 7) is 4.27. The Kier molecular flexibility index (Phi) is 2.09. The van der Waals surface area contributed by atoms with E-state index in [0.717, 1.165) is 12.3 Å². The van der Waals surface area contributed by atoms with E-state index < -0.39 is 0 Å². The van der Waals surface area contributed by atoms with Crippen LogP contribution in [0.1, 0.15) is 46.0 Å². The minimum atomic E-state index is 0.127. The van der Waals surface area contributed by atoms with Crippen LogP contribution in [-0.2, 0) is 4.79 Å². The normalized spacial score (nSPS) is 45.2. The summed E-state index contributed by atoms with van der Waals surface area (Å²) >= 11 is 0. The molecule has 1 saturated heterocycles. The van der Waals surface area contributed by atoms with Crippen LogP contribution >= 0.6 is 0 Å². The van der Waals surface area contributed by atoms with Crippen LogP contribution in [0.15, 0.2) is 0 Å². The van der Waals surface area contributed by atoms with E-state index in [4.69, 9.17) is 0 Å². The Bertz CT molecular complexity index is 226. The van der Waals surface area contributed by atoms with Crippen molar-refractivity contribution in [3.8, 4) is 0 Å². The van der Waals surface area contributed by atoms with Crippen molar-refractivity contribution < 1.29 is 4.79 Å². The second kappa shape index (κ2) is 3.00. The predicted octanol–water partition coefficient (Wildman–Crippen LogP) is 2.09. The zero-order valence-corrected chi connectivity index (χ0v) is 8.60. The van der Waals surface area contributed by atoms with Crippen molar-refractivity contribution in [1.29, 1.82) is 0 Å². The molecule has 2 fully saturated rings. The molecule has 1 N–H and O–H groups in total. The highest BCUT2D eigenvalue weighted by molar-refractivity contribution is 5.80. The molecule has 2 aliphatic rings. The molecule has 0 aromatic heterocycles. The molecule has 1 aliphatic carbocycles. The molecular formula is C11H19NO. The van der Waals surface area contributed by atoms with Crippen LogP contribution in [0.4, 0.5) is 0 Å². The maximum absolute atomic E-state index is 11.5. The number of fused-ring (bicyclic) bond motifs is 1. The van der Waals surface area contributed by atoms with Gasteiger partial charge in [0, 0.05) is 11.5 Å². The molecule has 74 valence electrons. The Balaban J connectivity index is 2.15. The number of hydrogen-bond donors (Lipinski definition) is 1. The van der Waals surface area contributed by atoms with Crippen molar-refractivity contribution in [3.05, 3.63) is 0 Å². The lowest BCUT2D eigenvalue weighted by molar-refractivity contribution is -0.132. The Morgan fingerprint density at radius 1 is 1.46 bits per heavy atom. The quantitative estimate of drug-likeness (QED) is 0.609. The maximum Gasteiger partial charge on any atom is 0.223 e. The van der Waals surface area contributed by atoms with Gasteiger partial charge in [0.15, 0.2) is 0 Å². The molecule has 1 amide bonds. The summed E-state index contributed by atoms with van der Waals surface area (Å²) in [7, 11) is 0. The van der Waals surface area contributed by atoms with Gasteiger partial charge in [-0.05, 0) is 32.1 Å². The first-order chi connectivity index (χ1) is 6.12. The Morgan fingerprint density at radius 3 is 3.00 bits per heavy atom. The number of piperidine rings is 1. The Hall–Kier alpha value is -0.530. The first-order valence-corrected chi connectivity index (χ1v) is 5.44. The molecule has 2 heteroatoms. The second-order valence-electron chi connectivity index (χ2n) is 4.99. The van der Waals surface area contributed by atoms with Gasteiger partial charge in [0.05, 0.1) is 0 Å². The van der Waals surface area contributed by atoms with E-state index in [1.807, 2.05) is 6.92 Å². The predicted molar refractivity (Wildman–Crippen MR) is 52.3 cm³/mol. The number of carbonyl (C=O) groups is 1. The molecule has 13 heavy (non-hydrogen) atoms. The van der Waals surface area contributed by atoms with Crippen LogP contribution in [0, 0.1) is 11.8 Å². The third kappa shape index (κ3) is 1.47. The van der Waals surface area contributed by atoms with Crippen molar-refractivity contribution in [2.45, 2.75) is 51.5 Å². The van der Waals surface area contributed by atoms with E-state index in [9.17, 15) is 4.79 Å². The zero-order valence-electron chi connectivity index (χ0n) is 8.60. The molecule has 1 heterocycles. The van der Waals surface area contributed by atoms with Gasteiger partial charge in [0.2, 0.25) is 5.91 Å². The molecule has 1 saturated carbocycles. The van der Waals surface area contributed by atoms with Crippen LogP contribution in [0.25, 0.3) is 0 Å². The molecule has 3 atom stereocenters. The van der Waals surface area contributed by atoms with Crippen molar-refractivity contribution in [1.82, 2.24) is 5.32 Å². The lowest BCUT2D eigenvalue weighted by atomic mass is 9.68. The fourth-order valence-corrected chi connectivity index (χ4v) is 2.89. The fourth-order valence-electron chi connectivity index (χ4n) is 2.89. The number of carbonyl (C=O) groups excluding carboxylic acids is 1. The van der Waals surface area contributed by atoms with Crippen molar-refractivity contribution in [3.63, 3.8) is 0 Å². The van der Waals surface area contributed by atoms with Crippen LogP contribution < -0.4 is 5.32 Å². The largest absolute Gasteiger partial charge is 0.350 e. The third-order valence-electron chi connectivity index (χ3n) is 3.89. The first kappa shape index (κ1) is 9.04. The van der Waals surface area contributed by atoms with Gasteiger partial charge in [-0.1, -0.05) is 19.8 Å². The highest BCUT2D eigenvalue weighted by Crippen LogP contribution is 2.40. The van der Waals surface area contributed by atoms with E-state index in [1.54, 1.807) is 0 Å². The molecule has 0 radical (unpaired) electrons. The second-order valence-corrected chi connectivity index (χ2v) is 4.99. The molecule has 0 aromatic rings. The Morgan fingerprint density at radius 2 is 2.23 bits per heavy atom.